The van der Waals surface area contributed by atoms with Gasteiger partial charge in [-0.25, -0.2) is 0 Å². The molecule has 0 saturated carbocycles. The van der Waals surface area contributed by atoms with E-state index in [1.807, 2.05) is 32.5 Å². The van der Waals surface area contributed by atoms with Gasteiger partial charge in [0.05, 0.1) is 15.9 Å². The second-order valence-corrected chi connectivity index (χ2v) is 5.06. The number of Topliss-reactive ketones (excluding diaryl/α,β-unsaturated/α-hetero) is 1. The molecule has 0 aliphatic carbocycles. The van der Waals surface area contributed by atoms with Crippen molar-refractivity contribution in [2.45, 2.75) is 33.7 Å². The van der Waals surface area contributed by atoms with Gasteiger partial charge in [-0.1, -0.05) is 6.92 Å². The topological polar surface area (TPSA) is 46.9 Å². The van der Waals surface area contributed by atoms with Gasteiger partial charge >= 0.3 is 0 Å². The normalized spacial score (nSPS) is 12.8. The molecule has 1 rings (SSSR count). The molecule has 1 unspecified atom stereocenters. The standard InChI is InChI=1S/C12H20BrN3O/c1-5-16-10(12(13)9(3)15-16)6-11(17)8(2)7-14-4/h8,14H,5-7H2,1-4H3. The van der Waals surface area contributed by atoms with Crippen molar-refractivity contribution < 1.29 is 4.79 Å². The van der Waals surface area contributed by atoms with Crippen LogP contribution in [0.15, 0.2) is 4.47 Å². The molecule has 0 amide bonds. The van der Waals surface area contributed by atoms with Crippen molar-refractivity contribution in [3.63, 3.8) is 0 Å². The van der Waals surface area contributed by atoms with Gasteiger partial charge in [-0.3, -0.25) is 9.48 Å². The van der Waals surface area contributed by atoms with Gasteiger partial charge in [0, 0.05) is 25.4 Å². The summed E-state index contributed by atoms with van der Waals surface area (Å²) in [4.78, 5) is 12.0. The molecule has 0 aliphatic rings. The Labute approximate surface area is 111 Å². The monoisotopic (exact) mass is 301 g/mol. The number of carbonyl (C=O) groups excluding carboxylic acids is 1. The number of hydrogen-bond acceptors (Lipinski definition) is 3. The molecule has 1 aromatic rings. The highest BCUT2D eigenvalue weighted by molar-refractivity contribution is 9.10. The predicted octanol–water partition coefficient (Wildman–Crippen LogP) is 1.94. The Bertz CT molecular complexity index is 401. The lowest BCUT2D eigenvalue weighted by atomic mass is 10.0. The van der Waals surface area contributed by atoms with E-state index in [0.29, 0.717) is 6.42 Å². The van der Waals surface area contributed by atoms with Gasteiger partial charge < -0.3 is 5.32 Å². The van der Waals surface area contributed by atoms with E-state index >= 15 is 0 Å². The number of hydrogen-bond donors (Lipinski definition) is 1. The summed E-state index contributed by atoms with van der Waals surface area (Å²) in [6, 6.07) is 0. The molecule has 96 valence electrons. The van der Waals surface area contributed by atoms with Gasteiger partial charge in [0.2, 0.25) is 0 Å². The van der Waals surface area contributed by atoms with Crippen LogP contribution in [0, 0.1) is 12.8 Å². The number of rotatable bonds is 6. The summed E-state index contributed by atoms with van der Waals surface area (Å²) in [6.45, 7) is 7.43. The molecule has 1 atom stereocenters. The molecular weight excluding hydrogens is 282 g/mol. The fourth-order valence-electron chi connectivity index (χ4n) is 1.80. The first-order chi connectivity index (χ1) is 8.01. The number of halogens is 1. The van der Waals surface area contributed by atoms with E-state index < -0.39 is 0 Å². The van der Waals surface area contributed by atoms with Crippen molar-refractivity contribution in [1.29, 1.82) is 0 Å². The zero-order chi connectivity index (χ0) is 13.0. The molecule has 0 aliphatic heterocycles. The number of aryl methyl sites for hydroxylation is 2. The van der Waals surface area contributed by atoms with Crippen LogP contribution in [0.2, 0.25) is 0 Å². The smallest absolute Gasteiger partial charge is 0.142 e. The Morgan fingerprint density at radius 1 is 1.59 bits per heavy atom. The maximum atomic E-state index is 12.0. The quantitative estimate of drug-likeness (QED) is 0.873. The van der Waals surface area contributed by atoms with Gasteiger partial charge in [0.25, 0.3) is 0 Å². The fraction of sp³-hybridized carbons (Fsp3) is 0.667. The van der Waals surface area contributed by atoms with Crippen LogP contribution in [0.25, 0.3) is 0 Å². The molecule has 0 bridgehead atoms. The van der Waals surface area contributed by atoms with Crippen LogP contribution in [-0.2, 0) is 17.8 Å². The lowest BCUT2D eigenvalue weighted by Crippen LogP contribution is -2.25. The summed E-state index contributed by atoms with van der Waals surface area (Å²) in [7, 11) is 1.86. The van der Waals surface area contributed by atoms with Gasteiger partial charge in [0.1, 0.15) is 5.78 Å². The third-order valence-corrected chi connectivity index (χ3v) is 3.89. The summed E-state index contributed by atoms with van der Waals surface area (Å²) < 4.78 is 2.85. The zero-order valence-electron chi connectivity index (χ0n) is 10.9. The molecule has 5 heteroatoms. The number of aromatic nitrogens is 2. The summed E-state index contributed by atoms with van der Waals surface area (Å²) in [5, 5.41) is 7.42. The molecule has 0 radical (unpaired) electrons. The largest absolute Gasteiger partial charge is 0.319 e. The third-order valence-electron chi connectivity index (χ3n) is 2.85. The van der Waals surface area contributed by atoms with E-state index in [0.717, 1.165) is 29.0 Å². The Balaban J connectivity index is 2.84. The molecule has 0 fully saturated rings. The summed E-state index contributed by atoms with van der Waals surface area (Å²) in [6.07, 6.45) is 0.443. The Morgan fingerprint density at radius 2 is 2.24 bits per heavy atom. The zero-order valence-corrected chi connectivity index (χ0v) is 12.5. The van der Waals surface area contributed by atoms with Crippen molar-refractivity contribution in [2.75, 3.05) is 13.6 Å². The molecule has 0 aromatic carbocycles. The molecule has 4 nitrogen and oxygen atoms in total. The van der Waals surface area contributed by atoms with E-state index in [9.17, 15) is 4.79 Å². The summed E-state index contributed by atoms with van der Waals surface area (Å²) in [5.41, 5.74) is 1.92. The first-order valence-electron chi connectivity index (χ1n) is 5.90. The molecular formula is C12H20BrN3O. The summed E-state index contributed by atoms with van der Waals surface area (Å²) >= 11 is 3.51. The minimum atomic E-state index is 0.0346. The van der Waals surface area contributed by atoms with Crippen molar-refractivity contribution >= 4 is 21.7 Å². The maximum absolute atomic E-state index is 12.0. The van der Waals surface area contributed by atoms with Crippen LogP contribution in [0.5, 0.6) is 0 Å². The first-order valence-corrected chi connectivity index (χ1v) is 6.69. The number of ketones is 1. The van der Waals surface area contributed by atoms with Gasteiger partial charge in [0.15, 0.2) is 0 Å². The van der Waals surface area contributed by atoms with Gasteiger partial charge in [-0.2, -0.15) is 5.10 Å². The Hall–Kier alpha value is -0.680. The second kappa shape index (κ2) is 6.31. The van der Waals surface area contributed by atoms with E-state index in [-0.39, 0.29) is 11.7 Å². The Kier molecular flexibility index (Phi) is 5.33. The van der Waals surface area contributed by atoms with Gasteiger partial charge in [-0.05, 0) is 36.8 Å². The van der Waals surface area contributed by atoms with Crippen molar-refractivity contribution in [1.82, 2.24) is 15.1 Å². The molecule has 1 aromatic heterocycles. The van der Waals surface area contributed by atoms with E-state index in [4.69, 9.17) is 0 Å². The number of nitrogens with zero attached hydrogens (tertiary/aromatic N) is 2. The highest BCUT2D eigenvalue weighted by Gasteiger charge is 2.19. The van der Waals surface area contributed by atoms with E-state index in [2.05, 4.69) is 26.3 Å². The molecule has 17 heavy (non-hydrogen) atoms. The van der Waals surface area contributed by atoms with Crippen LogP contribution >= 0.6 is 15.9 Å². The van der Waals surface area contributed by atoms with Crippen LogP contribution < -0.4 is 5.32 Å². The van der Waals surface area contributed by atoms with Gasteiger partial charge in [-0.15, -0.1) is 0 Å². The van der Waals surface area contributed by atoms with Crippen LogP contribution in [0.1, 0.15) is 25.2 Å². The SMILES string of the molecule is CCn1nc(C)c(Br)c1CC(=O)C(C)CNC. The lowest BCUT2D eigenvalue weighted by Gasteiger charge is -2.10. The number of carbonyl (C=O) groups is 1. The van der Waals surface area contributed by atoms with Crippen LogP contribution in [0.3, 0.4) is 0 Å². The fourth-order valence-corrected chi connectivity index (χ4v) is 2.22. The summed E-state index contributed by atoms with van der Waals surface area (Å²) in [5.74, 6) is 0.280. The maximum Gasteiger partial charge on any atom is 0.142 e. The average Bonchev–Trinajstić information content (AvgIpc) is 2.57. The minimum Gasteiger partial charge on any atom is -0.319 e. The lowest BCUT2D eigenvalue weighted by molar-refractivity contribution is -0.121. The molecule has 1 N–H and O–H groups in total. The van der Waals surface area contributed by atoms with E-state index in [1.165, 1.54) is 0 Å². The highest BCUT2D eigenvalue weighted by atomic mass is 79.9. The highest BCUT2D eigenvalue weighted by Crippen LogP contribution is 2.22. The van der Waals surface area contributed by atoms with Crippen molar-refractivity contribution in [3.05, 3.63) is 15.9 Å². The predicted molar refractivity (Wildman–Crippen MR) is 72.1 cm³/mol. The Morgan fingerprint density at radius 3 is 2.76 bits per heavy atom. The van der Waals surface area contributed by atoms with Crippen LogP contribution in [0.4, 0.5) is 0 Å². The molecule has 1 heterocycles. The van der Waals surface area contributed by atoms with Crippen molar-refractivity contribution in [3.8, 4) is 0 Å². The van der Waals surface area contributed by atoms with E-state index in [1.54, 1.807) is 0 Å². The minimum absolute atomic E-state index is 0.0346. The second-order valence-electron chi connectivity index (χ2n) is 4.26. The average molecular weight is 302 g/mol. The van der Waals surface area contributed by atoms with Crippen LogP contribution in [-0.4, -0.2) is 29.2 Å². The third kappa shape index (κ3) is 3.39. The molecule has 0 saturated heterocycles. The first kappa shape index (κ1) is 14.4. The number of nitrogens with one attached hydrogen (secondary N) is 1. The van der Waals surface area contributed by atoms with Crippen molar-refractivity contribution in [2.24, 2.45) is 5.92 Å². The molecule has 0 spiro atoms.